The Morgan fingerprint density at radius 3 is 2.44 bits per heavy atom. The lowest BCUT2D eigenvalue weighted by Crippen LogP contribution is -2.44. The largest absolute Gasteiger partial charge is 0.480 e. The summed E-state index contributed by atoms with van der Waals surface area (Å²) in [6, 6.07) is 11.6. The maximum absolute atomic E-state index is 12.7. The Morgan fingerprint density at radius 2 is 1.85 bits per heavy atom. The average molecular weight is 409 g/mol. The second-order valence-electron chi connectivity index (χ2n) is 6.80. The van der Waals surface area contributed by atoms with Gasteiger partial charge in [-0.2, -0.15) is 4.72 Å². The summed E-state index contributed by atoms with van der Waals surface area (Å²) in [7, 11) is -4.07. The Labute approximate surface area is 161 Å². The van der Waals surface area contributed by atoms with Gasteiger partial charge in [0.1, 0.15) is 9.75 Å². The van der Waals surface area contributed by atoms with Gasteiger partial charge >= 0.3 is 5.97 Å². The predicted octanol–water partition coefficient (Wildman–Crippen LogP) is 2.18. The minimum absolute atomic E-state index is 0.0776. The van der Waals surface area contributed by atoms with Crippen molar-refractivity contribution < 1.29 is 23.1 Å². The van der Waals surface area contributed by atoms with Crippen LogP contribution in [0.15, 0.2) is 46.7 Å². The summed E-state index contributed by atoms with van der Waals surface area (Å²) in [5.74, 6) is -2.01. The lowest BCUT2D eigenvalue weighted by molar-refractivity contribution is -0.140. The van der Waals surface area contributed by atoms with Crippen molar-refractivity contribution in [1.29, 1.82) is 0 Å². The topological polar surface area (TPSA) is 113 Å². The maximum atomic E-state index is 12.7. The molecule has 1 aromatic heterocycles. The zero-order chi connectivity index (χ0) is 19.8. The Hall–Kier alpha value is -2.23. The smallest absolute Gasteiger partial charge is 0.325 e. The van der Waals surface area contributed by atoms with Gasteiger partial charge in [-0.3, -0.25) is 9.59 Å². The molecule has 1 amide bonds. The van der Waals surface area contributed by atoms with Gasteiger partial charge in [0, 0.05) is 12.0 Å². The molecule has 2 aromatic rings. The van der Waals surface area contributed by atoms with Gasteiger partial charge in [-0.25, -0.2) is 8.42 Å². The Morgan fingerprint density at radius 1 is 1.19 bits per heavy atom. The Balaban J connectivity index is 1.82. The molecule has 27 heavy (non-hydrogen) atoms. The number of carboxylic acids is 1. The molecule has 0 radical (unpaired) electrons. The molecule has 0 aliphatic heterocycles. The highest BCUT2D eigenvalue weighted by atomic mass is 32.2. The second kappa shape index (κ2) is 7.06. The van der Waals surface area contributed by atoms with Gasteiger partial charge in [-0.05, 0) is 38.0 Å². The van der Waals surface area contributed by atoms with Crippen molar-refractivity contribution in [3.05, 3.63) is 52.9 Å². The van der Waals surface area contributed by atoms with E-state index in [1.807, 2.05) is 6.07 Å². The first-order valence-electron chi connectivity index (χ1n) is 8.39. The molecule has 0 spiro atoms. The summed E-state index contributed by atoms with van der Waals surface area (Å²) in [4.78, 5) is 24.1. The molecule has 1 fully saturated rings. The van der Waals surface area contributed by atoms with Crippen molar-refractivity contribution in [3.8, 4) is 0 Å². The van der Waals surface area contributed by atoms with Crippen LogP contribution in [0.5, 0.6) is 0 Å². The number of carbonyl (C=O) groups excluding carboxylic acids is 1. The van der Waals surface area contributed by atoms with E-state index in [1.54, 1.807) is 38.1 Å². The number of thiophene rings is 1. The zero-order valence-corrected chi connectivity index (χ0v) is 16.4. The molecule has 1 aliphatic rings. The van der Waals surface area contributed by atoms with Crippen molar-refractivity contribution in [2.45, 2.75) is 42.0 Å². The van der Waals surface area contributed by atoms with Crippen LogP contribution < -0.4 is 10.0 Å². The van der Waals surface area contributed by atoms with Crippen LogP contribution in [0.25, 0.3) is 0 Å². The highest BCUT2D eigenvalue weighted by molar-refractivity contribution is 7.91. The normalized spacial score (nSPS) is 21.8. The maximum Gasteiger partial charge on any atom is 0.325 e. The summed E-state index contributed by atoms with van der Waals surface area (Å²) in [5, 5.41) is 12.3. The van der Waals surface area contributed by atoms with Gasteiger partial charge in [-0.15, -0.1) is 11.3 Å². The zero-order valence-electron chi connectivity index (χ0n) is 14.8. The minimum atomic E-state index is -4.07. The number of hydrogen-bond acceptors (Lipinski definition) is 5. The highest BCUT2D eigenvalue weighted by Crippen LogP contribution is 2.52. The van der Waals surface area contributed by atoms with Crippen molar-refractivity contribution in [2.24, 2.45) is 0 Å². The number of rotatable bonds is 7. The van der Waals surface area contributed by atoms with Gasteiger partial charge < -0.3 is 10.4 Å². The van der Waals surface area contributed by atoms with Crippen molar-refractivity contribution in [3.63, 3.8) is 0 Å². The number of aliphatic carboxylic acids is 1. The fourth-order valence-corrected chi connectivity index (χ4v) is 5.57. The molecule has 3 rings (SSSR count). The molecule has 2 atom stereocenters. The van der Waals surface area contributed by atoms with E-state index in [4.69, 9.17) is 0 Å². The van der Waals surface area contributed by atoms with Crippen LogP contribution in [0, 0.1) is 0 Å². The number of benzene rings is 1. The standard InChI is InChI=1S/C18H20N2O5S2/c1-11(2)19-16(21)14-8-9-15(26-14)27(24,25)20-18(17(22)23)10-13(18)12-6-4-3-5-7-12/h3-9,11,13,20H,10H2,1-2H3,(H,19,21)(H,22,23)/t13-,18+/m0/s1. The van der Waals surface area contributed by atoms with E-state index >= 15 is 0 Å². The van der Waals surface area contributed by atoms with Crippen LogP contribution in [0.1, 0.15) is 41.4 Å². The molecular weight excluding hydrogens is 388 g/mol. The van der Waals surface area contributed by atoms with Crippen LogP contribution in [0.3, 0.4) is 0 Å². The average Bonchev–Trinajstić information content (AvgIpc) is 3.09. The molecule has 144 valence electrons. The number of carbonyl (C=O) groups is 2. The quantitative estimate of drug-likeness (QED) is 0.650. The van der Waals surface area contributed by atoms with Crippen molar-refractivity contribution in [1.82, 2.24) is 10.0 Å². The molecule has 1 aliphatic carbocycles. The monoisotopic (exact) mass is 408 g/mol. The first-order chi connectivity index (χ1) is 12.7. The summed E-state index contributed by atoms with van der Waals surface area (Å²) in [6.45, 7) is 3.61. The van der Waals surface area contributed by atoms with Crippen LogP contribution >= 0.6 is 11.3 Å². The molecule has 1 aromatic carbocycles. The van der Waals surface area contributed by atoms with E-state index in [9.17, 15) is 23.1 Å². The Bertz CT molecular complexity index is 969. The molecule has 1 saturated carbocycles. The van der Waals surface area contributed by atoms with Crippen LogP contribution in [0.4, 0.5) is 0 Å². The fourth-order valence-electron chi connectivity index (χ4n) is 2.95. The van der Waals surface area contributed by atoms with E-state index in [0.717, 1.165) is 16.9 Å². The Kier molecular flexibility index (Phi) is 5.11. The summed E-state index contributed by atoms with van der Waals surface area (Å²) >= 11 is 0.812. The van der Waals surface area contributed by atoms with Gasteiger partial charge in [0.2, 0.25) is 0 Å². The van der Waals surface area contributed by atoms with Crippen molar-refractivity contribution >= 4 is 33.2 Å². The van der Waals surface area contributed by atoms with Gasteiger partial charge in [-0.1, -0.05) is 30.3 Å². The second-order valence-corrected chi connectivity index (χ2v) is 9.79. The lowest BCUT2D eigenvalue weighted by Gasteiger charge is -2.14. The van der Waals surface area contributed by atoms with E-state index in [-0.39, 0.29) is 27.5 Å². The van der Waals surface area contributed by atoms with E-state index < -0.39 is 27.4 Å². The molecule has 7 nitrogen and oxygen atoms in total. The molecule has 0 unspecified atom stereocenters. The van der Waals surface area contributed by atoms with E-state index in [0.29, 0.717) is 0 Å². The third kappa shape index (κ3) is 3.90. The van der Waals surface area contributed by atoms with Crippen LogP contribution in [-0.2, 0) is 14.8 Å². The van der Waals surface area contributed by atoms with Gasteiger partial charge in [0.15, 0.2) is 0 Å². The molecule has 1 heterocycles. The minimum Gasteiger partial charge on any atom is -0.480 e. The van der Waals surface area contributed by atoms with Crippen LogP contribution in [-0.4, -0.2) is 37.0 Å². The SMILES string of the molecule is CC(C)NC(=O)c1ccc(S(=O)(=O)N[C@]2(C(=O)O)C[C@H]2c2ccccc2)s1. The number of sulfonamides is 1. The lowest BCUT2D eigenvalue weighted by atomic mass is 10.1. The third-order valence-corrected chi connectivity index (χ3v) is 7.44. The molecule has 0 saturated heterocycles. The number of amides is 1. The third-order valence-electron chi connectivity index (χ3n) is 4.35. The van der Waals surface area contributed by atoms with Gasteiger partial charge in [0.05, 0.1) is 4.88 Å². The first kappa shape index (κ1) is 19.5. The number of hydrogen-bond donors (Lipinski definition) is 3. The summed E-state index contributed by atoms with van der Waals surface area (Å²) < 4.78 is 27.7. The summed E-state index contributed by atoms with van der Waals surface area (Å²) in [6.07, 6.45) is 0.178. The number of nitrogens with one attached hydrogen (secondary N) is 2. The van der Waals surface area contributed by atoms with Gasteiger partial charge in [0.25, 0.3) is 15.9 Å². The summed E-state index contributed by atoms with van der Waals surface area (Å²) in [5.41, 5.74) is -0.796. The fraction of sp³-hybridized carbons (Fsp3) is 0.333. The number of carboxylic acid groups (broad SMARTS) is 1. The predicted molar refractivity (Wildman–Crippen MR) is 101 cm³/mol. The van der Waals surface area contributed by atoms with Crippen molar-refractivity contribution in [2.75, 3.05) is 0 Å². The molecule has 9 heteroatoms. The molecular formula is C18H20N2O5S2. The van der Waals surface area contributed by atoms with Crippen LogP contribution in [0.2, 0.25) is 0 Å². The highest BCUT2D eigenvalue weighted by Gasteiger charge is 2.63. The van der Waals surface area contributed by atoms with E-state index in [1.165, 1.54) is 12.1 Å². The van der Waals surface area contributed by atoms with E-state index in [2.05, 4.69) is 10.0 Å². The molecule has 3 N–H and O–H groups in total. The first-order valence-corrected chi connectivity index (χ1v) is 10.7. The molecule has 0 bridgehead atoms.